The summed E-state index contributed by atoms with van der Waals surface area (Å²) in [7, 11) is 0. The van der Waals surface area contributed by atoms with Crippen molar-refractivity contribution in [2.24, 2.45) is 0 Å². The molecule has 1 aromatic carbocycles. The van der Waals surface area contributed by atoms with Gasteiger partial charge in [-0.3, -0.25) is 4.79 Å². The molecule has 1 heterocycles. The molecule has 0 fully saturated rings. The van der Waals surface area contributed by atoms with Gasteiger partial charge in [0.25, 0.3) is 5.91 Å². The van der Waals surface area contributed by atoms with Crippen molar-refractivity contribution in [3.63, 3.8) is 0 Å². The number of nitrogens with zero attached hydrogens (tertiary/aromatic N) is 2. The third-order valence-corrected chi connectivity index (χ3v) is 3.26. The van der Waals surface area contributed by atoms with Gasteiger partial charge in [0.15, 0.2) is 5.69 Å². The second-order valence-electron chi connectivity index (χ2n) is 4.09. The van der Waals surface area contributed by atoms with Crippen LogP contribution in [-0.2, 0) is 0 Å². The fourth-order valence-electron chi connectivity index (χ4n) is 1.46. The van der Waals surface area contributed by atoms with E-state index in [1.807, 2.05) is 26.0 Å². The number of hydrogen-bond donors (Lipinski definition) is 1. The predicted octanol–water partition coefficient (Wildman–Crippen LogP) is 3.00. The van der Waals surface area contributed by atoms with Crippen molar-refractivity contribution in [3.05, 3.63) is 35.0 Å². The van der Waals surface area contributed by atoms with Gasteiger partial charge in [-0.2, -0.15) is 0 Å². The van der Waals surface area contributed by atoms with E-state index in [-0.39, 0.29) is 11.9 Å². The van der Waals surface area contributed by atoms with Crippen LogP contribution < -0.4 is 5.32 Å². The maximum Gasteiger partial charge on any atom is 0.273 e. The van der Waals surface area contributed by atoms with Crippen molar-refractivity contribution < 1.29 is 4.79 Å². The highest BCUT2D eigenvalue weighted by Crippen LogP contribution is 2.27. The normalized spacial score (nSPS) is 10.7. The molecular formula is C12H12ClN3OS. The van der Waals surface area contributed by atoms with Crippen LogP contribution in [0.5, 0.6) is 0 Å². The summed E-state index contributed by atoms with van der Waals surface area (Å²) in [6.45, 7) is 3.80. The molecule has 1 N–H and O–H groups in total. The monoisotopic (exact) mass is 281 g/mol. The zero-order chi connectivity index (χ0) is 13.1. The molecular weight excluding hydrogens is 270 g/mol. The van der Waals surface area contributed by atoms with Gasteiger partial charge in [-0.25, -0.2) is 0 Å². The van der Waals surface area contributed by atoms with Crippen molar-refractivity contribution in [1.82, 2.24) is 14.9 Å². The number of amides is 1. The van der Waals surface area contributed by atoms with Crippen molar-refractivity contribution in [1.29, 1.82) is 0 Å². The Morgan fingerprint density at radius 3 is 2.61 bits per heavy atom. The van der Waals surface area contributed by atoms with E-state index < -0.39 is 0 Å². The predicted molar refractivity (Wildman–Crippen MR) is 73.0 cm³/mol. The van der Waals surface area contributed by atoms with Gasteiger partial charge >= 0.3 is 0 Å². The molecule has 6 heteroatoms. The summed E-state index contributed by atoms with van der Waals surface area (Å²) in [5.41, 5.74) is 1.25. The Balaban J connectivity index is 2.33. The Bertz CT molecular complexity index is 551. The number of carbonyl (C=O) groups excluding carboxylic acids is 1. The second-order valence-corrected chi connectivity index (χ2v) is 5.28. The Hall–Kier alpha value is -1.46. The molecule has 1 aromatic heterocycles. The molecule has 0 spiro atoms. The fraction of sp³-hybridized carbons (Fsp3) is 0.250. The van der Waals surface area contributed by atoms with Gasteiger partial charge in [-0.05, 0) is 43.1 Å². The summed E-state index contributed by atoms with van der Waals surface area (Å²) >= 11 is 7.04. The number of carbonyl (C=O) groups is 1. The van der Waals surface area contributed by atoms with E-state index >= 15 is 0 Å². The average Bonchev–Trinajstić information content (AvgIpc) is 2.78. The molecule has 2 rings (SSSR count). The van der Waals surface area contributed by atoms with Crippen LogP contribution in [0.4, 0.5) is 0 Å². The molecule has 1 amide bonds. The van der Waals surface area contributed by atoms with Gasteiger partial charge in [0.1, 0.15) is 0 Å². The van der Waals surface area contributed by atoms with Gasteiger partial charge in [0, 0.05) is 11.1 Å². The lowest BCUT2D eigenvalue weighted by Crippen LogP contribution is -2.30. The Labute approximate surface area is 114 Å². The van der Waals surface area contributed by atoms with Gasteiger partial charge in [0.05, 0.1) is 4.88 Å². The molecule has 0 aliphatic heterocycles. The molecule has 4 nitrogen and oxygen atoms in total. The molecule has 0 saturated carbocycles. The first-order chi connectivity index (χ1) is 8.58. The minimum absolute atomic E-state index is 0.0669. The van der Waals surface area contributed by atoms with Gasteiger partial charge in [0.2, 0.25) is 0 Å². The molecule has 0 aliphatic carbocycles. The third kappa shape index (κ3) is 2.86. The topological polar surface area (TPSA) is 54.9 Å². The summed E-state index contributed by atoms with van der Waals surface area (Å²) in [6, 6.07) is 7.33. The zero-order valence-electron chi connectivity index (χ0n) is 9.98. The highest BCUT2D eigenvalue weighted by Gasteiger charge is 2.18. The molecule has 2 aromatic rings. The zero-order valence-corrected chi connectivity index (χ0v) is 11.5. The van der Waals surface area contributed by atoms with E-state index in [4.69, 9.17) is 11.6 Å². The van der Waals surface area contributed by atoms with Crippen LogP contribution in [-0.4, -0.2) is 21.5 Å². The van der Waals surface area contributed by atoms with E-state index in [1.54, 1.807) is 12.1 Å². The van der Waals surface area contributed by atoms with E-state index in [1.165, 1.54) is 11.5 Å². The maximum atomic E-state index is 11.9. The van der Waals surface area contributed by atoms with Crippen LogP contribution in [0.3, 0.4) is 0 Å². The van der Waals surface area contributed by atoms with Crippen LogP contribution >= 0.6 is 23.1 Å². The van der Waals surface area contributed by atoms with Crippen LogP contribution in [0.15, 0.2) is 24.3 Å². The van der Waals surface area contributed by atoms with E-state index in [0.717, 1.165) is 10.4 Å². The lowest BCUT2D eigenvalue weighted by atomic mass is 10.1. The van der Waals surface area contributed by atoms with Crippen molar-refractivity contribution in [2.45, 2.75) is 19.9 Å². The summed E-state index contributed by atoms with van der Waals surface area (Å²) < 4.78 is 3.85. The van der Waals surface area contributed by atoms with Crippen LogP contribution in [0.1, 0.15) is 24.3 Å². The number of hydrogen-bond acceptors (Lipinski definition) is 4. The molecule has 94 valence electrons. The highest BCUT2D eigenvalue weighted by atomic mass is 35.5. The van der Waals surface area contributed by atoms with E-state index in [9.17, 15) is 4.79 Å². The standard InChI is InChI=1S/C12H12ClN3OS/c1-7(2)14-12(17)10-11(18-16-15-10)8-3-5-9(13)6-4-8/h3-7H,1-2H3,(H,14,17). The van der Waals surface area contributed by atoms with Gasteiger partial charge in [-0.15, -0.1) is 5.10 Å². The summed E-state index contributed by atoms with van der Waals surface area (Å²) in [6.07, 6.45) is 0. The molecule has 0 unspecified atom stereocenters. The molecule has 18 heavy (non-hydrogen) atoms. The Kier molecular flexibility index (Phi) is 3.93. The molecule has 0 radical (unpaired) electrons. The maximum absolute atomic E-state index is 11.9. The Morgan fingerprint density at radius 2 is 2.00 bits per heavy atom. The van der Waals surface area contributed by atoms with Gasteiger partial charge < -0.3 is 5.32 Å². The number of aromatic nitrogens is 2. The molecule has 0 bridgehead atoms. The summed E-state index contributed by atoms with van der Waals surface area (Å²) in [5, 5.41) is 7.35. The number of halogens is 1. The van der Waals surface area contributed by atoms with Crippen LogP contribution in [0.25, 0.3) is 10.4 Å². The number of benzene rings is 1. The first-order valence-corrected chi connectivity index (χ1v) is 6.62. The first-order valence-electron chi connectivity index (χ1n) is 5.47. The molecule has 0 aliphatic rings. The van der Waals surface area contributed by atoms with Crippen molar-refractivity contribution in [2.75, 3.05) is 0 Å². The quantitative estimate of drug-likeness (QED) is 0.941. The minimum Gasteiger partial charge on any atom is -0.348 e. The van der Waals surface area contributed by atoms with Gasteiger partial charge in [-0.1, -0.05) is 28.2 Å². The van der Waals surface area contributed by atoms with Crippen molar-refractivity contribution >= 4 is 29.0 Å². The highest BCUT2D eigenvalue weighted by molar-refractivity contribution is 7.09. The van der Waals surface area contributed by atoms with E-state index in [2.05, 4.69) is 14.9 Å². The smallest absolute Gasteiger partial charge is 0.273 e. The second kappa shape index (κ2) is 5.46. The SMILES string of the molecule is CC(C)NC(=O)c1nnsc1-c1ccc(Cl)cc1. The minimum atomic E-state index is -0.205. The number of nitrogens with one attached hydrogen (secondary N) is 1. The summed E-state index contributed by atoms with van der Waals surface area (Å²) in [5.74, 6) is -0.205. The molecule has 0 saturated heterocycles. The lowest BCUT2D eigenvalue weighted by Gasteiger charge is -2.07. The van der Waals surface area contributed by atoms with Crippen LogP contribution in [0, 0.1) is 0 Å². The van der Waals surface area contributed by atoms with Crippen LogP contribution in [0.2, 0.25) is 5.02 Å². The number of rotatable bonds is 3. The molecule has 0 atom stereocenters. The summed E-state index contributed by atoms with van der Waals surface area (Å²) in [4.78, 5) is 12.7. The third-order valence-electron chi connectivity index (χ3n) is 2.23. The fourth-order valence-corrected chi connectivity index (χ4v) is 2.25. The van der Waals surface area contributed by atoms with E-state index in [0.29, 0.717) is 10.7 Å². The largest absolute Gasteiger partial charge is 0.348 e. The average molecular weight is 282 g/mol. The van der Waals surface area contributed by atoms with Crippen molar-refractivity contribution in [3.8, 4) is 10.4 Å². The first kappa shape index (κ1) is 13.0. The lowest BCUT2D eigenvalue weighted by molar-refractivity contribution is 0.0938. The Morgan fingerprint density at radius 1 is 1.33 bits per heavy atom.